The molecule has 5 atom stereocenters. The molecule has 0 bridgehead atoms. The van der Waals surface area contributed by atoms with Gasteiger partial charge in [0, 0.05) is 25.7 Å². The summed E-state index contributed by atoms with van der Waals surface area (Å²) in [5, 5.41) is 10.6. The van der Waals surface area contributed by atoms with Crippen LogP contribution in [0.25, 0.3) is 0 Å². The summed E-state index contributed by atoms with van der Waals surface area (Å²) in [6, 6.07) is 0. The van der Waals surface area contributed by atoms with Gasteiger partial charge in [-0.25, -0.2) is 9.13 Å². The molecule has 0 aromatic carbocycles. The van der Waals surface area contributed by atoms with E-state index in [-0.39, 0.29) is 25.7 Å². The molecule has 2 unspecified atom stereocenters. The van der Waals surface area contributed by atoms with Crippen LogP contribution in [-0.4, -0.2) is 96.7 Å². The Balaban J connectivity index is 5.28. The van der Waals surface area contributed by atoms with E-state index >= 15 is 0 Å². The van der Waals surface area contributed by atoms with Gasteiger partial charge < -0.3 is 33.8 Å². The number of esters is 4. The van der Waals surface area contributed by atoms with Gasteiger partial charge >= 0.3 is 39.5 Å². The van der Waals surface area contributed by atoms with E-state index < -0.39 is 97.5 Å². The molecule has 0 heterocycles. The highest BCUT2D eigenvalue weighted by atomic mass is 31.2. The van der Waals surface area contributed by atoms with Gasteiger partial charge in [-0.2, -0.15) is 0 Å². The molecular weight excluding hydrogens is 1290 g/mol. The number of allylic oxidation sites excluding steroid dienone is 4. The third-order valence-corrected chi connectivity index (χ3v) is 20.0. The number of hydrogen-bond donors (Lipinski definition) is 3. The SMILES string of the molecule is CCCCCC/C=C\C=C/CCCCCCCC(=O)OC[C@H](COP(=O)(O)OC[C@@H](O)COP(=O)(O)OC[C@@H](COC(=O)CCCCCCCCCCCC(C)C)OC(=O)CCCCCCCCCCCCCCC)OC(=O)CCCCCCCCCCCCCCCCCCC(C)C. The molecule has 0 saturated carbocycles. The van der Waals surface area contributed by atoms with Gasteiger partial charge in [-0.15, -0.1) is 0 Å². The van der Waals surface area contributed by atoms with Crippen LogP contribution in [0.4, 0.5) is 0 Å². The van der Waals surface area contributed by atoms with Crippen molar-refractivity contribution in [2.75, 3.05) is 39.6 Å². The maximum atomic E-state index is 13.1. The molecule has 3 N–H and O–H groups in total. The van der Waals surface area contributed by atoms with E-state index in [9.17, 15) is 43.2 Å². The molecule has 0 fully saturated rings. The van der Waals surface area contributed by atoms with Crippen LogP contribution in [0, 0.1) is 11.8 Å². The van der Waals surface area contributed by atoms with E-state index in [0.29, 0.717) is 25.7 Å². The van der Waals surface area contributed by atoms with Crippen LogP contribution in [-0.2, 0) is 65.4 Å². The molecule has 0 aliphatic carbocycles. The lowest BCUT2D eigenvalue weighted by molar-refractivity contribution is -0.161. The lowest BCUT2D eigenvalue weighted by Gasteiger charge is -2.21. The Morgan fingerprint density at radius 3 is 0.828 bits per heavy atom. The summed E-state index contributed by atoms with van der Waals surface area (Å²) >= 11 is 0. The van der Waals surface area contributed by atoms with Gasteiger partial charge in [0.25, 0.3) is 0 Å². The Hall–Kier alpha value is -2.46. The summed E-state index contributed by atoms with van der Waals surface area (Å²) in [6.45, 7) is 9.57. The van der Waals surface area contributed by atoms with Crippen molar-refractivity contribution in [3.05, 3.63) is 24.3 Å². The predicted octanol–water partition coefficient (Wildman–Crippen LogP) is 23.4. The van der Waals surface area contributed by atoms with Crippen LogP contribution in [0.3, 0.4) is 0 Å². The maximum Gasteiger partial charge on any atom is 0.472 e. The summed E-state index contributed by atoms with van der Waals surface area (Å²) in [5.74, 6) is -0.589. The first-order valence-electron chi connectivity index (χ1n) is 40.8. The monoisotopic (exact) mass is 1450 g/mol. The number of ether oxygens (including phenoxy) is 4. The van der Waals surface area contributed by atoms with Crippen LogP contribution in [0.2, 0.25) is 0 Å². The average Bonchev–Trinajstić information content (AvgIpc) is 0.984. The number of rotatable bonds is 77. The zero-order chi connectivity index (χ0) is 72.8. The van der Waals surface area contributed by atoms with Gasteiger partial charge in [0.1, 0.15) is 19.3 Å². The van der Waals surface area contributed by atoms with Crippen LogP contribution < -0.4 is 0 Å². The standard InChI is InChI=1S/C80H152O17P2/c1-7-9-11-13-15-17-19-21-24-29-32-38-44-50-56-62-77(82)90-68-75(96-80(85)65-59-53-47-40-34-30-26-23-22-25-28-31-36-42-48-54-60-72(3)4)70-94-98(86,87)92-66-74(81)67-93-99(88,89)95-71-76(69-91-78(83)63-57-51-45-41-35-37-43-49-55-61-73(5)6)97-79(84)64-58-52-46-39-33-27-20-18-16-14-12-10-8-2/h17,19,21,24,72-76,81H,7-16,18,20,22-23,25-71H2,1-6H3,(H,86,87)(H,88,89)/b19-17-,24-21-/t74-,75-,76-/m1/s1. The number of aliphatic hydroxyl groups excluding tert-OH is 1. The highest BCUT2D eigenvalue weighted by molar-refractivity contribution is 7.47. The molecule has 0 saturated heterocycles. The minimum absolute atomic E-state index is 0.101. The number of phosphoric acid groups is 2. The first-order chi connectivity index (χ1) is 47.9. The van der Waals surface area contributed by atoms with E-state index in [1.165, 1.54) is 193 Å². The number of carbonyl (C=O) groups excluding carboxylic acids is 4. The van der Waals surface area contributed by atoms with Crippen molar-refractivity contribution in [3.8, 4) is 0 Å². The van der Waals surface area contributed by atoms with Crippen molar-refractivity contribution in [2.45, 2.75) is 413 Å². The molecule has 0 radical (unpaired) electrons. The lowest BCUT2D eigenvalue weighted by atomic mass is 10.0. The van der Waals surface area contributed by atoms with Gasteiger partial charge in [-0.3, -0.25) is 37.3 Å². The fourth-order valence-corrected chi connectivity index (χ4v) is 13.4. The molecule has 0 aromatic rings. The summed E-state index contributed by atoms with van der Waals surface area (Å²) in [4.78, 5) is 73.0. The number of unbranched alkanes of at least 4 members (excludes halogenated alkanes) is 44. The molecule has 0 aliphatic rings. The topological polar surface area (TPSA) is 237 Å². The Kier molecular flexibility index (Phi) is 69.4. The molecule has 99 heavy (non-hydrogen) atoms. The van der Waals surface area contributed by atoms with E-state index in [1.807, 2.05) is 0 Å². The molecule has 0 amide bonds. The quantitative estimate of drug-likeness (QED) is 0.0169. The zero-order valence-electron chi connectivity index (χ0n) is 64.3. The van der Waals surface area contributed by atoms with Crippen molar-refractivity contribution < 1.29 is 80.2 Å². The fourth-order valence-electron chi connectivity index (χ4n) is 11.8. The summed E-state index contributed by atoms with van der Waals surface area (Å²) in [6.07, 6.45) is 63.2. The van der Waals surface area contributed by atoms with Crippen molar-refractivity contribution in [3.63, 3.8) is 0 Å². The van der Waals surface area contributed by atoms with Crippen molar-refractivity contribution in [2.24, 2.45) is 11.8 Å². The van der Waals surface area contributed by atoms with Crippen LogP contribution in [0.15, 0.2) is 24.3 Å². The van der Waals surface area contributed by atoms with Crippen molar-refractivity contribution in [1.29, 1.82) is 0 Å². The number of aliphatic hydroxyl groups is 1. The Morgan fingerprint density at radius 2 is 0.545 bits per heavy atom. The normalized spacial score (nSPS) is 14.1. The smallest absolute Gasteiger partial charge is 0.462 e. The number of hydrogen-bond acceptors (Lipinski definition) is 15. The van der Waals surface area contributed by atoms with Gasteiger partial charge in [0.2, 0.25) is 0 Å². The van der Waals surface area contributed by atoms with Crippen LogP contribution in [0.1, 0.15) is 395 Å². The van der Waals surface area contributed by atoms with Gasteiger partial charge in [0.15, 0.2) is 12.2 Å². The lowest BCUT2D eigenvalue weighted by Crippen LogP contribution is -2.30. The zero-order valence-corrected chi connectivity index (χ0v) is 66.1. The van der Waals surface area contributed by atoms with Gasteiger partial charge in [-0.1, -0.05) is 342 Å². The largest absolute Gasteiger partial charge is 0.472 e. The third kappa shape index (κ3) is 73.6. The molecule has 0 spiro atoms. The maximum absolute atomic E-state index is 13.1. The summed E-state index contributed by atoms with van der Waals surface area (Å²) in [5.41, 5.74) is 0. The van der Waals surface area contributed by atoms with E-state index in [1.54, 1.807) is 0 Å². The second kappa shape index (κ2) is 71.2. The first kappa shape index (κ1) is 96.5. The summed E-state index contributed by atoms with van der Waals surface area (Å²) in [7, 11) is -9.93. The third-order valence-electron chi connectivity index (χ3n) is 18.1. The first-order valence-corrected chi connectivity index (χ1v) is 43.8. The summed E-state index contributed by atoms with van der Waals surface area (Å²) < 4.78 is 68.6. The minimum Gasteiger partial charge on any atom is -0.462 e. The van der Waals surface area contributed by atoms with Gasteiger partial charge in [0.05, 0.1) is 26.4 Å². The Labute approximate surface area is 605 Å². The van der Waals surface area contributed by atoms with Crippen LogP contribution >= 0.6 is 15.6 Å². The van der Waals surface area contributed by atoms with Crippen molar-refractivity contribution >= 4 is 39.5 Å². The highest BCUT2D eigenvalue weighted by Gasteiger charge is 2.30. The second-order valence-corrected chi connectivity index (χ2v) is 32.0. The Bertz CT molecular complexity index is 2000. The average molecular weight is 1450 g/mol. The van der Waals surface area contributed by atoms with Crippen molar-refractivity contribution in [1.82, 2.24) is 0 Å². The van der Waals surface area contributed by atoms with E-state index in [0.717, 1.165) is 121 Å². The number of carbonyl (C=O) groups is 4. The van der Waals surface area contributed by atoms with E-state index in [4.69, 9.17) is 37.0 Å². The molecule has 0 aliphatic heterocycles. The second-order valence-electron chi connectivity index (χ2n) is 29.1. The highest BCUT2D eigenvalue weighted by Crippen LogP contribution is 2.45. The van der Waals surface area contributed by atoms with Crippen LogP contribution in [0.5, 0.6) is 0 Å². The number of phosphoric ester groups is 2. The molecule has 17 nitrogen and oxygen atoms in total. The van der Waals surface area contributed by atoms with Gasteiger partial charge in [-0.05, 0) is 63.2 Å². The molecule has 584 valence electrons. The van der Waals surface area contributed by atoms with E-state index in [2.05, 4.69) is 65.8 Å². The minimum atomic E-state index is -4.97. The molecule has 0 aromatic heterocycles. The predicted molar refractivity (Wildman–Crippen MR) is 404 cm³/mol. The Morgan fingerprint density at radius 1 is 0.313 bits per heavy atom. The molecular formula is C80H152O17P2. The molecule has 0 rings (SSSR count). The molecule has 19 heteroatoms. The fraction of sp³-hybridized carbons (Fsp3) is 0.900.